The maximum Gasteiger partial charge on any atom is 0.263 e. The molecule has 0 unspecified atom stereocenters. The number of fused-ring (bicyclic) bond motifs is 1. The molecule has 0 spiro atoms. The lowest BCUT2D eigenvalue weighted by Crippen LogP contribution is -2.13. The molecule has 0 fully saturated rings. The molecule has 1 aliphatic rings. The number of hydrogen-bond acceptors (Lipinski definition) is 4. The fourth-order valence-electron chi connectivity index (χ4n) is 2.12. The Hall–Kier alpha value is -1.60. The molecular formula is C13H12BrN3O2S. The molecule has 20 heavy (non-hydrogen) atoms. The van der Waals surface area contributed by atoms with E-state index in [4.69, 9.17) is 0 Å². The molecule has 0 amide bonds. The molecule has 0 bridgehead atoms. The maximum atomic E-state index is 12.3. The van der Waals surface area contributed by atoms with Crippen molar-refractivity contribution >= 4 is 37.3 Å². The minimum absolute atomic E-state index is 0.130. The average molecular weight is 354 g/mol. The van der Waals surface area contributed by atoms with Crippen LogP contribution < -0.4 is 10.0 Å². The first-order valence-electron chi connectivity index (χ1n) is 6.05. The minimum atomic E-state index is -3.62. The van der Waals surface area contributed by atoms with Crippen LogP contribution in [0.4, 0.5) is 11.4 Å². The number of sulfonamides is 1. The molecular weight excluding hydrogens is 342 g/mol. The second-order valence-corrected chi connectivity index (χ2v) is 7.09. The van der Waals surface area contributed by atoms with Crippen LogP contribution in [0.5, 0.6) is 0 Å². The molecule has 2 aromatic rings. The summed E-state index contributed by atoms with van der Waals surface area (Å²) >= 11 is 3.22. The molecule has 1 aromatic carbocycles. The summed E-state index contributed by atoms with van der Waals surface area (Å²) in [5.74, 6) is 0. The molecule has 0 aliphatic carbocycles. The van der Waals surface area contributed by atoms with Gasteiger partial charge in [-0.2, -0.15) is 0 Å². The summed E-state index contributed by atoms with van der Waals surface area (Å²) in [4.78, 5) is 4.00. The van der Waals surface area contributed by atoms with Gasteiger partial charge in [0, 0.05) is 34.8 Å². The largest absolute Gasteiger partial charge is 0.384 e. The van der Waals surface area contributed by atoms with Crippen LogP contribution in [-0.4, -0.2) is 19.9 Å². The van der Waals surface area contributed by atoms with Gasteiger partial charge in [-0.15, -0.1) is 0 Å². The van der Waals surface area contributed by atoms with E-state index in [2.05, 4.69) is 31.0 Å². The van der Waals surface area contributed by atoms with Gasteiger partial charge in [0.1, 0.15) is 4.90 Å². The fraction of sp³-hybridized carbons (Fsp3) is 0.154. The predicted molar refractivity (Wildman–Crippen MR) is 81.4 cm³/mol. The Morgan fingerprint density at radius 2 is 2.10 bits per heavy atom. The van der Waals surface area contributed by atoms with Crippen molar-refractivity contribution in [1.29, 1.82) is 0 Å². The Morgan fingerprint density at radius 1 is 1.25 bits per heavy atom. The van der Waals surface area contributed by atoms with Crippen molar-refractivity contribution in [3.8, 4) is 0 Å². The highest BCUT2D eigenvalue weighted by Gasteiger charge is 2.17. The number of halogens is 1. The third kappa shape index (κ3) is 2.64. The number of nitrogens with zero attached hydrogens (tertiary/aromatic N) is 1. The Balaban J connectivity index is 1.90. The normalized spacial score (nSPS) is 13.7. The summed E-state index contributed by atoms with van der Waals surface area (Å²) in [5.41, 5.74) is 2.75. The predicted octanol–water partition coefficient (Wildman–Crippen LogP) is 2.61. The van der Waals surface area contributed by atoms with Gasteiger partial charge in [-0.25, -0.2) is 8.42 Å². The van der Waals surface area contributed by atoms with Crippen LogP contribution in [0.3, 0.4) is 0 Å². The van der Waals surface area contributed by atoms with Crippen LogP contribution in [0.15, 0.2) is 46.0 Å². The van der Waals surface area contributed by atoms with Gasteiger partial charge >= 0.3 is 0 Å². The third-order valence-electron chi connectivity index (χ3n) is 3.06. The van der Waals surface area contributed by atoms with Crippen molar-refractivity contribution in [2.24, 2.45) is 0 Å². The number of nitrogens with one attached hydrogen (secondary N) is 2. The summed E-state index contributed by atoms with van der Waals surface area (Å²) < 4.78 is 27.7. The van der Waals surface area contributed by atoms with Crippen LogP contribution in [0.2, 0.25) is 0 Å². The number of pyridine rings is 1. The van der Waals surface area contributed by atoms with Crippen LogP contribution in [-0.2, 0) is 16.4 Å². The summed E-state index contributed by atoms with van der Waals surface area (Å²) in [5, 5.41) is 3.24. The molecule has 0 atom stereocenters. The Bertz CT molecular complexity index is 762. The monoisotopic (exact) mass is 353 g/mol. The Morgan fingerprint density at radius 3 is 2.90 bits per heavy atom. The summed E-state index contributed by atoms with van der Waals surface area (Å²) in [7, 11) is -3.62. The van der Waals surface area contributed by atoms with Crippen molar-refractivity contribution < 1.29 is 8.42 Å². The SMILES string of the molecule is O=S(=O)(Nc1ccc2c(c1)CCN2)c1cncc(Br)c1. The van der Waals surface area contributed by atoms with E-state index >= 15 is 0 Å². The lowest BCUT2D eigenvalue weighted by Gasteiger charge is -2.09. The number of hydrogen-bond donors (Lipinski definition) is 2. The lowest BCUT2D eigenvalue weighted by molar-refractivity contribution is 0.600. The summed E-state index contributed by atoms with van der Waals surface area (Å²) in [6.07, 6.45) is 3.77. The maximum absolute atomic E-state index is 12.3. The average Bonchev–Trinajstić information content (AvgIpc) is 2.85. The molecule has 1 aliphatic heterocycles. The van der Waals surface area contributed by atoms with Crippen LogP contribution in [0.1, 0.15) is 5.56 Å². The standard InChI is InChI=1S/C13H12BrN3O2S/c14-10-6-12(8-15-7-10)20(18,19)17-11-1-2-13-9(5-11)3-4-16-13/h1-2,5-8,16-17H,3-4H2. The van der Waals surface area contributed by atoms with Gasteiger partial charge in [-0.3, -0.25) is 9.71 Å². The van der Waals surface area contributed by atoms with Crippen molar-refractivity contribution in [1.82, 2.24) is 4.98 Å². The third-order valence-corrected chi connectivity index (χ3v) is 4.84. The number of rotatable bonds is 3. The number of benzene rings is 1. The highest BCUT2D eigenvalue weighted by molar-refractivity contribution is 9.10. The van der Waals surface area contributed by atoms with Gasteiger partial charge in [0.05, 0.1) is 0 Å². The zero-order chi connectivity index (χ0) is 14.2. The molecule has 104 valence electrons. The van der Waals surface area contributed by atoms with Gasteiger partial charge < -0.3 is 5.32 Å². The van der Waals surface area contributed by atoms with E-state index in [9.17, 15) is 8.42 Å². The molecule has 0 radical (unpaired) electrons. The Labute approximate surface area is 125 Å². The second-order valence-electron chi connectivity index (χ2n) is 4.49. The Kier molecular flexibility index (Phi) is 3.39. The van der Waals surface area contributed by atoms with E-state index in [1.165, 1.54) is 12.3 Å². The first kappa shape index (κ1) is 13.4. The summed E-state index contributed by atoms with van der Waals surface area (Å²) in [6, 6.07) is 7.02. The summed E-state index contributed by atoms with van der Waals surface area (Å²) in [6.45, 7) is 0.890. The first-order valence-corrected chi connectivity index (χ1v) is 8.32. The highest BCUT2D eigenvalue weighted by Crippen LogP contribution is 2.26. The zero-order valence-corrected chi connectivity index (χ0v) is 12.8. The van der Waals surface area contributed by atoms with E-state index in [0.717, 1.165) is 24.2 Å². The lowest BCUT2D eigenvalue weighted by atomic mass is 10.1. The van der Waals surface area contributed by atoms with Crippen LogP contribution in [0.25, 0.3) is 0 Å². The molecule has 0 saturated heterocycles. The first-order chi connectivity index (χ1) is 9.54. The molecule has 0 saturated carbocycles. The van der Waals surface area contributed by atoms with Gasteiger partial charge in [0.15, 0.2) is 0 Å². The molecule has 2 N–H and O–H groups in total. The van der Waals surface area contributed by atoms with E-state index < -0.39 is 10.0 Å². The van der Waals surface area contributed by atoms with Gasteiger partial charge in [-0.05, 0) is 52.2 Å². The van der Waals surface area contributed by atoms with Gasteiger partial charge in [0.2, 0.25) is 0 Å². The van der Waals surface area contributed by atoms with E-state index in [1.807, 2.05) is 12.1 Å². The molecule has 1 aromatic heterocycles. The molecule has 5 nitrogen and oxygen atoms in total. The number of aromatic nitrogens is 1. The molecule has 7 heteroatoms. The second kappa shape index (κ2) is 5.06. The van der Waals surface area contributed by atoms with Crippen molar-refractivity contribution in [2.75, 3.05) is 16.6 Å². The van der Waals surface area contributed by atoms with Gasteiger partial charge in [-0.1, -0.05) is 0 Å². The topological polar surface area (TPSA) is 71.1 Å². The quantitative estimate of drug-likeness (QED) is 0.889. The fourth-order valence-corrected chi connectivity index (χ4v) is 3.67. The van der Waals surface area contributed by atoms with Crippen LogP contribution in [0, 0.1) is 0 Å². The van der Waals surface area contributed by atoms with Gasteiger partial charge in [0.25, 0.3) is 10.0 Å². The van der Waals surface area contributed by atoms with E-state index in [-0.39, 0.29) is 4.90 Å². The number of anilines is 2. The van der Waals surface area contributed by atoms with E-state index in [1.54, 1.807) is 12.3 Å². The zero-order valence-electron chi connectivity index (χ0n) is 10.4. The molecule has 3 rings (SSSR count). The van der Waals surface area contributed by atoms with Crippen molar-refractivity contribution in [3.63, 3.8) is 0 Å². The van der Waals surface area contributed by atoms with E-state index in [0.29, 0.717) is 10.2 Å². The highest BCUT2D eigenvalue weighted by atomic mass is 79.9. The molecule has 2 heterocycles. The van der Waals surface area contributed by atoms with Crippen molar-refractivity contribution in [3.05, 3.63) is 46.7 Å². The van der Waals surface area contributed by atoms with Crippen molar-refractivity contribution in [2.45, 2.75) is 11.3 Å². The minimum Gasteiger partial charge on any atom is -0.384 e. The smallest absolute Gasteiger partial charge is 0.263 e. The van der Waals surface area contributed by atoms with Crippen LogP contribution >= 0.6 is 15.9 Å².